The molecule has 1 aliphatic rings. The third-order valence-corrected chi connectivity index (χ3v) is 8.05. The highest BCUT2D eigenvalue weighted by molar-refractivity contribution is 7.98. The molecule has 36 heavy (non-hydrogen) atoms. The highest BCUT2D eigenvalue weighted by Gasteiger charge is 2.24. The van der Waals surface area contributed by atoms with Crippen molar-refractivity contribution in [1.29, 1.82) is 0 Å². The SMILES string of the molecule is CSc1cccc2sc(N(CCN3CCOCC3)C(=O)c3ccc(C(=O)c4ccccc4)cc3)nc12. The van der Waals surface area contributed by atoms with Gasteiger partial charge in [-0.1, -0.05) is 59.9 Å². The number of ether oxygens (including phenoxy) is 1. The summed E-state index contributed by atoms with van der Waals surface area (Å²) in [4.78, 5) is 36.6. The van der Waals surface area contributed by atoms with Crippen molar-refractivity contribution in [3.05, 3.63) is 89.5 Å². The Balaban J connectivity index is 1.42. The third-order valence-electron chi connectivity index (χ3n) is 6.24. The Labute approximate surface area is 218 Å². The quantitative estimate of drug-likeness (QED) is 0.236. The maximum Gasteiger partial charge on any atom is 0.260 e. The van der Waals surface area contributed by atoms with Crippen LogP contribution in [-0.4, -0.2) is 67.2 Å². The molecule has 4 aromatic rings. The number of nitrogens with zero attached hydrogens (tertiary/aromatic N) is 3. The van der Waals surface area contributed by atoms with E-state index in [1.165, 1.54) is 11.3 Å². The van der Waals surface area contributed by atoms with Gasteiger partial charge in [0.05, 0.1) is 23.4 Å². The monoisotopic (exact) mass is 517 g/mol. The maximum atomic E-state index is 13.8. The Hall–Kier alpha value is -3.04. The molecule has 1 aliphatic heterocycles. The van der Waals surface area contributed by atoms with Crippen LogP contribution in [0, 0.1) is 0 Å². The van der Waals surface area contributed by atoms with Crippen LogP contribution in [0.4, 0.5) is 5.13 Å². The van der Waals surface area contributed by atoms with Crippen LogP contribution < -0.4 is 4.90 Å². The number of carbonyl (C=O) groups is 2. The number of anilines is 1. The van der Waals surface area contributed by atoms with Gasteiger partial charge in [0.15, 0.2) is 10.9 Å². The average Bonchev–Trinajstić information content (AvgIpc) is 3.38. The summed E-state index contributed by atoms with van der Waals surface area (Å²) >= 11 is 3.19. The number of thiazole rings is 1. The van der Waals surface area contributed by atoms with Crippen molar-refractivity contribution in [2.24, 2.45) is 0 Å². The van der Waals surface area contributed by atoms with Crippen LogP contribution in [0.3, 0.4) is 0 Å². The zero-order chi connectivity index (χ0) is 24.9. The largest absolute Gasteiger partial charge is 0.379 e. The predicted molar refractivity (Wildman–Crippen MR) is 147 cm³/mol. The average molecular weight is 518 g/mol. The fourth-order valence-electron chi connectivity index (χ4n) is 4.22. The van der Waals surface area contributed by atoms with Crippen molar-refractivity contribution in [2.45, 2.75) is 4.90 Å². The molecule has 0 N–H and O–H groups in total. The molecule has 0 atom stereocenters. The van der Waals surface area contributed by atoms with Crippen LogP contribution >= 0.6 is 23.1 Å². The number of fused-ring (bicyclic) bond motifs is 1. The summed E-state index contributed by atoms with van der Waals surface area (Å²) in [6.45, 7) is 4.40. The highest BCUT2D eigenvalue weighted by Crippen LogP contribution is 2.34. The van der Waals surface area contributed by atoms with Gasteiger partial charge in [0, 0.05) is 47.8 Å². The zero-order valence-corrected chi connectivity index (χ0v) is 21.7. The first-order chi connectivity index (χ1) is 17.6. The number of para-hydroxylation sites is 1. The maximum absolute atomic E-state index is 13.8. The van der Waals surface area contributed by atoms with Crippen molar-refractivity contribution < 1.29 is 14.3 Å². The summed E-state index contributed by atoms with van der Waals surface area (Å²) < 4.78 is 6.53. The fourth-order valence-corrected chi connectivity index (χ4v) is 5.86. The van der Waals surface area contributed by atoms with E-state index in [1.54, 1.807) is 53.1 Å². The Bertz CT molecular complexity index is 1350. The number of thioether (sulfide) groups is 1. The molecule has 184 valence electrons. The molecule has 0 unspecified atom stereocenters. The predicted octanol–water partition coefficient (Wildman–Crippen LogP) is 5.23. The lowest BCUT2D eigenvalue weighted by molar-refractivity contribution is 0.0391. The summed E-state index contributed by atoms with van der Waals surface area (Å²) in [6, 6.07) is 22.2. The lowest BCUT2D eigenvalue weighted by Gasteiger charge is -2.29. The molecular weight excluding hydrogens is 490 g/mol. The molecule has 3 aromatic carbocycles. The number of hydrogen-bond acceptors (Lipinski definition) is 7. The number of amides is 1. The lowest BCUT2D eigenvalue weighted by Crippen LogP contribution is -2.43. The molecule has 0 aliphatic carbocycles. The molecule has 2 heterocycles. The molecule has 1 aromatic heterocycles. The van der Waals surface area contributed by atoms with E-state index in [0.717, 1.165) is 34.7 Å². The fraction of sp³-hybridized carbons (Fsp3) is 0.250. The van der Waals surface area contributed by atoms with Crippen molar-refractivity contribution in [2.75, 3.05) is 50.5 Å². The van der Waals surface area contributed by atoms with E-state index in [4.69, 9.17) is 9.72 Å². The van der Waals surface area contributed by atoms with Gasteiger partial charge in [0.1, 0.15) is 0 Å². The molecule has 8 heteroatoms. The van der Waals surface area contributed by atoms with Gasteiger partial charge in [0.2, 0.25) is 0 Å². The second-order valence-corrected chi connectivity index (χ2v) is 10.3. The Kier molecular flexibility index (Phi) is 7.77. The molecule has 0 saturated carbocycles. The van der Waals surface area contributed by atoms with E-state index in [9.17, 15) is 9.59 Å². The van der Waals surface area contributed by atoms with Gasteiger partial charge in [-0.2, -0.15) is 0 Å². The van der Waals surface area contributed by atoms with Crippen LogP contribution in [0.5, 0.6) is 0 Å². The zero-order valence-electron chi connectivity index (χ0n) is 20.1. The molecule has 6 nitrogen and oxygen atoms in total. The van der Waals surface area contributed by atoms with Gasteiger partial charge in [-0.05, 0) is 30.5 Å². The van der Waals surface area contributed by atoms with Crippen LogP contribution in [0.25, 0.3) is 10.2 Å². The van der Waals surface area contributed by atoms with Crippen molar-refractivity contribution >= 4 is 50.1 Å². The van der Waals surface area contributed by atoms with Gasteiger partial charge >= 0.3 is 0 Å². The second kappa shape index (κ2) is 11.3. The van der Waals surface area contributed by atoms with Gasteiger partial charge in [-0.15, -0.1) is 11.8 Å². The first-order valence-corrected chi connectivity index (χ1v) is 13.9. The molecule has 1 amide bonds. The molecule has 1 saturated heterocycles. The van der Waals surface area contributed by atoms with Gasteiger partial charge in [-0.3, -0.25) is 19.4 Å². The Morgan fingerprint density at radius 2 is 1.64 bits per heavy atom. The third kappa shape index (κ3) is 5.37. The van der Waals surface area contributed by atoms with Crippen molar-refractivity contribution in [3.63, 3.8) is 0 Å². The number of carbonyl (C=O) groups excluding carboxylic acids is 2. The minimum atomic E-state index is -0.119. The van der Waals surface area contributed by atoms with E-state index < -0.39 is 0 Å². The highest BCUT2D eigenvalue weighted by atomic mass is 32.2. The number of aromatic nitrogens is 1. The first-order valence-electron chi connectivity index (χ1n) is 11.9. The van der Waals surface area contributed by atoms with Crippen LogP contribution in [-0.2, 0) is 4.74 Å². The topological polar surface area (TPSA) is 62.7 Å². The van der Waals surface area contributed by atoms with Gasteiger partial charge in [-0.25, -0.2) is 4.98 Å². The van der Waals surface area contributed by atoms with Gasteiger partial charge in [0.25, 0.3) is 5.91 Å². The molecule has 5 rings (SSSR count). The molecular formula is C28H27N3O3S2. The van der Waals surface area contributed by atoms with Crippen molar-refractivity contribution in [1.82, 2.24) is 9.88 Å². The summed E-state index contributed by atoms with van der Waals surface area (Å²) in [5.41, 5.74) is 2.65. The second-order valence-electron chi connectivity index (χ2n) is 8.49. The van der Waals surface area contributed by atoms with Crippen molar-refractivity contribution in [3.8, 4) is 0 Å². The minimum Gasteiger partial charge on any atom is -0.379 e. The Morgan fingerprint density at radius 3 is 2.36 bits per heavy atom. The number of ketones is 1. The summed E-state index contributed by atoms with van der Waals surface area (Å²) in [7, 11) is 0. The standard InChI is InChI=1S/C28H27N3O3S2/c1-35-23-8-5-9-24-25(23)29-28(36-24)31(15-14-30-16-18-34-19-17-30)27(33)22-12-10-21(11-13-22)26(32)20-6-3-2-4-7-20/h2-13H,14-19H2,1H3. The number of benzene rings is 3. The van der Waals surface area contributed by atoms with E-state index in [-0.39, 0.29) is 11.7 Å². The van der Waals surface area contributed by atoms with Crippen LogP contribution in [0.15, 0.2) is 77.7 Å². The molecule has 1 fully saturated rings. The normalized spacial score (nSPS) is 14.1. The van der Waals surface area contributed by atoms with Crippen LogP contribution in [0.2, 0.25) is 0 Å². The number of morpholine rings is 1. The van der Waals surface area contributed by atoms with E-state index in [0.29, 0.717) is 41.6 Å². The van der Waals surface area contributed by atoms with E-state index >= 15 is 0 Å². The first kappa shape index (κ1) is 24.6. The lowest BCUT2D eigenvalue weighted by atomic mass is 10.0. The molecule has 0 spiro atoms. The smallest absolute Gasteiger partial charge is 0.260 e. The number of hydrogen-bond donors (Lipinski definition) is 0. The molecule has 0 bridgehead atoms. The number of rotatable bonds is 8. The van der Waals surface area contributed by atoms with Crippen LogP contribution in [0.1, 0.15) is 26.3 Å². The minimum absolute atomic E-state index is 0.0606. The van der Waals surface area contributed by atoms with Gasteiger partial charge < -0.3 is 4.74 Å². The molecule has 0 radical (unpaired) electrons. The summed E-state index contributed by atoms with van der Waals surface area (Å²) in [5.74, 6) is -0.179. The van der Waals surface area contributed by atoms with E-state index in [2.05, 4.69) is 11.0 Å². The summed E-state index contributed by atoms with van der Waals surface area (Å²) in [6.07, 6.45) is 2.04. The summed E-state index contributed by atoms with van der Waals surface area (Å²) in [5, 5.41) is 0.689. The van der Waals surface area contributed by atoms with E-state index in [1.807, 2.05) is 36.6 Å². The Morgan fingerprint density at radius 1 is 0.944 bits per heavy atom.